The Morgan fingerprint density at radius 2 is 1.46 bits per heavy atom. The topological polar surface area (TPSA) is 35.2 Å². The zero-order valence-electron chi connectivity index (χ0n) is 15.4. The highest BCUT2D eigenvalue weighted by Crippen LogP contribution is 2.23. The van der Waals surface area contributed by atoms with E-state index in [4.69, 9.17) is 10.5 Å². The molecule has 0 spiro atoms. The van der Waals surface area contributed by atoms with Crippen molar-refractivity contribution < 1.29 is 4.74 Å². The molecule has 0 unspecified atom stereocenters. The zero-order chi connectivity index (χ0) is 18.6. The third-order valence-corrected chi connectivity index (χ3v) is 4.03. The minimum atomic E-state index is 0.606. The Morgan fingerprint density at radius 3 is 2.00 bits per heavy atom. The van der Waals surface area contributed by atoms with Gasteiger partial charge in [-0.2, -0.15) is 0 Å². The Labute approximate surface area is 157 Å². The molecule has 2 N–H and O–H groups in total. The van der Waals surface area contributed by atoms with Gasteiger partial charge in [-0.1, -0.05) is 78.9 Å². The van der Waals surface area contributed by atoms with Crippen molar-refractivity contribution in [3.8, 4) is 5.75 Å². The molecular formula is C24H27NO. The second kappa shape index (κ2) is 10.9. The molecule has 0 aliphatic heterocycles. The first-order chi connectivity index (χ1) is 12.7. The van der Waals surface area contributed by atoms with Gasteiger partial charge in [-0.25, -0.2) is 0 Å². The van der Waals surface area contributed by atoms with E-state index in [2.05, 4.69) is 31.7 Å². The molecule has 0 radical (unpaired) electrons. The van der Waals surface area contributed by atoms with Gasteiger partial charge in [-0.05, 0) is 36.1 Å². The Morgan fingerprint density at radius 1 is 0.846 bits per heavy atom. The van der Waals surface area contributed by atoms with E-state index in [1.165, 1.54) is 22.3 Å². The SMILES string of the molecule is C=CCc1c(C)cccc1OCc1ccccc1.NCc1ccccc1. The number of nitrogens with two attached hydrogens (primary N) is 1. The minimum Gasteiger partial charge on any atom is -0.489 e. The van der Waals surface area contributed by atoms with Crippen LogP contribution in [-0.4, -0.2) is 0 Å². The van der Waals surface area contributed by atoms with Crippen LogP contribution in [0.3, 0.4) is 0 Å². The van der Waals surface area contributed by atoms with Gasteiger partial charge < -0.3 is 10.5 Å². The zero-order valence-corrected chi connectivity index (χ0v) is 15.4. The number of allylic oxidation sites excluding steroid dienone is 1. The predicted octanol–water partition coefficient (Wildman–Crippen LogP) is 5.45. The standard InChI is InChI=1S/C17H18O.C7H9N/c1-3-8-16-14(2)9-7-12-17(16)18-13-15-10-5-4-6-11-15;8-6-7-4-2-1-3-5-7/h3-7,9-12H,1,8,13H2,2H3;1-5H,6,8H2. The molecule has 0 bridgehead atoms. The highest BCUT2D eigenvalue weighted by atomic mass is 16.5. The molecule has 3 rings (SSSR count). The van der Waals surface area contributed by atoms with Gasteiger partial charge >= 0.3 is 0 Å². The number of hydrogen-bond acceptors (Lipinski definition) is 2. The summed E-state index contributed by atoms with van der Waals surface area (Å²) in [6, 6.07) is 26.4. The second-order valence-electron chi connectivity index (χ2n) is 6.01. The van der Waals surface area contributed by atoms with Crippen molar-refractivity contribution >= 4 is 0 Å². The molecular weight excluding hydrogens is 318 g/mol. The predicted molar refractivity (Wildman–Crippen MR) is 110 cm³/mol. The van der Waals surface area contributed by atoms with Crippen LogP contribution in [-0.2, 0) is 19.6 Å². The van der Waals surface area contributed by atoms with Crippen LogP contribution in [0.4, 0.5) is 0 Å². The molecule has 0 heterocycles. The van der Waals surface area contributed by atoms with Crippen LogP contribution in [0, 0.1) is 6.92 Å². The summed E-state index contributed by atoms with van der Waals surface area (Å²) >= 11 is 0. The molecule has 0 aromatic heterocycles. The lowest BCUT2D eigenvalue weighted by Crippen LogP contribution is -1.99. The van der Waals surface area contributed by atoms with Gasteiger partial charge in [0.05, 0.1) is 0 Å². The van der Waals surface area contributed by atoms with E-state index in [1.807, 2.05) is 66.7 Å². The molecule has 3 aromatic rings. The van der Waals surface area contributed by atoms with E-state index < -0.39 is 0 Å². The van der Waals surface area contributed by atoms with E-state index in [0.717, 1.165) is 12.2 Å². The van der Waals surface area contributed by atoms with Crippen molar-refractivity contribution in [1.29, 1.82) is 0 Å². The Balaban J connectivity index is 0.000000254. The van der Waals surface area contributed by atoms with Gasteiger partial charge in [-0.3, -0.25) is 0 Å². The molecule has 3 aromatic carbocycles. The van der Waals surface area contributed by atoms with E-state index in [1.54, 1.807) is 0 Å². The van der Waals surface area contributed by atoms with E-state index in [9.17, 15) is 0 Å². The van der Waals surface area contributed by atoms with Crippen molar-refractivity contribution in [2.75, 3.05) is 0 Å². The van der Waals surface area contributed by atoms with Crippen molar-refractivity contribution in [2.24, 2.45) is 5.73 Å². The Kier molecular flexibility index (Phi) is 8.17. The van der Waals surface area contributed by atoms with Crippen LogP contribution in [0.5, 0.6) is 5.75 Å². The summed E-state index contributed by atoms with van der Waals surface area (Å²) in [5.41, 5.74) is 10.2. The first kappa shape index (κ1) is 19.5. The van der Waals surface area contributed by atoms with E-state index in [-0.39, 0.29) is 0 Å². The fourth-order valence-corrected chi connectivity index (χ4v) is 2.57. The first-order valence-electron chi connectivity index (χ1n) is 8.84. The number of benzene rings is 3. The maximum absolute atomic E-state index is 5.91. The van der Waals surface area contributed by atoms with Gasteiger partial charge in [0.15, 0.2) is 0 Å². The van der Waals surface area contributed by atoms with Gasteiger partial charge in [0.2, 0.25) is 0 Å². The molecule has 0 saturated carbocycles. The summed E-state index contributed by atoms with van der Waals surface area (Å²) < 4.78 is 5.91. The quantitative estimate of drug-likeness (QED) is 0.603. The number of aryl methyl sites for hydroxylation is 1. The van der Waals surface area contributed by atoms with Crippen LogP contribution in [0.1, 0.15) is 22.3 Å². The number of ether oxygens (including phenoxy) is 1. The van der Waals surface area contributed by atoms with Gasteiger partial charge in [-0.15, -0.1) is 6.58 Å². The maximum Gasteiger partial charge on any atom is 0.123 e. The van der Waals surface area contributed by atoms with Crippen molar-refractivity contribution in [3.05, 3.63) is 114 Å². The summed E-state index contributed by atoms with van der Waals surface area (Å²) in [6.07, 6.45) is 2.76. The maximum atomic E-state index is 5.91. The van der Waals surface area contributed by atoms with Crippen LogP contribution in [0.2, 0.25) is 0 Å². The summed E-state index contributed by atoms with van der Waals surface area (Å²) in [7, 11) is 0. The molecule has 2 nitrogen and oxygen atoms in total. The minimum absolute atomic E-state index is 0.606. The molecule has 0 fully saturated rings. The van der Waals surface area contributed by atoms with Crippen LogP contribution >= 0.6 is 0 Å². The fraction of sp³-hybridized carbons (Fsp3) is 0.167. The summed E-state index contributed by atoms with van der Waals surface area (Å²) in [4.78, 5) is 0. The van der Waals surface area contributed by atoms with Crippen LogP contribution in [0.25, 0.3) is 0 Å². The lowest BCUT2D eigenvalue weighted by Gasteiger charge is -2.12. The fourth-order valence-electron chi connectivity index (χ4n) is 2.57. The highest BCUT2D eigenvalue weighted by molar-refractivity contribution is 5.41. The van der Waals surface area contributed by atoms with Gasteiger partial charge in [0.25, 0.3) is 0 Å². The molecule has 0 amide bonds. The Hall–Kier alpha value is -2.84. The van der Waals surface area contributed by atoms with Gasteiger partial charge in [0, 0.05) is 12.1 Å². The summed E-state index contributed by atoms with van der Waals surface area (Å²) in [5.74, 6) is 0.957. The summed E-state index contributed by atoms with van der Waals surface area (Å²) in [5, 5.41) is 0. The molecule has 134 valence electrons. The molecule has 2 heteroatoms. The molecule has 0 aliphatic rings. The monoisotopic (exact) mass is 345 g/mol. The molecule has 0 saturated heterocycles. The van der Waals surface area contributed by atoms with Gasteiger partial charge in [0.1, 0.15) is 12.4 Å². The van der Waals surface area contributed by atoms with Crippen molar-refractivity contribution in [2.45, 2.75) is 26.5 Å². The number of hydrogen-bond donors (Lipinski definition) is 1. The largest absolute Gasteiger partial charge is 0.489 e. The van der Waals surface area contributed by atoms with Crippen molar-refractivity contribution in [1.82, 2.24) is 0 Å². The molecule has 0 aliphatic carbocycles. The van der Waals surface area contributed by atoms with E-state index >= 15 is 0 Å². The Bertz CT molecular complexity index is 782. The highest BCUT2D eigenvalue weighted by Gasteiger charge is 2.05. The first-order valence-corrected chi connectivity index (χ1v) is 8.84. The van der Waals surface area contributed by atoms with Crippen LogP contribution < -0.4 is 10.5 Å². The average molecular weight is 345 g/mol. The summed E-state index contributed by atoms with van der Waals surface area (Å²) in [6.45, 7) is 7.15. The normalized spacial score (nSPS) is 9.77. The third-order valence-electron chi connectivity index (χ3n) is 4.03. The van der Waals surface area contributed by atoms with Crippen molar-refractivity contribution in [3.63, 3.8) is 0 Å². The lowest BCUT2D eigenvalue weighted by atomic mass is 10.0. The third kappa shape index (κ3) is 6.23. The second-order valence-corrected chi connectivity index (χ2v) is 6.01. The number of rotatable bonds is 6. The average Bonchev–Trinajstić information content (AvgIpc) is 2.70. The molecule has 0 atom stereocenters. The van der Waals surface area contributed by atoms with Crippen LogP contribution in [0.15, 0.2) is 91.5 Å². The van der Waals surface area contributed by atoms with E-state index in [0.29, 0.717) is 13.2 Å². The molecule has 26 heavy (non-hydrogen) atoms. The smallest absolute Gasteiger partial charge is 0.123 e. The lowest BCUT2D eigenvalue weighted by molar-refractivity contribution is 0.303.